The van der Waals surface area contributed by atoms with Crippen molar-refractivity contribution >= 4 is 31.9 Å². The summed E-state index contributed by atoms with van der Waals surface area (Å²) in [6.07, 6.45) is -1.61. The molecule has 0 saturated heterocycles. The second kappa shape index (κ2) is 7.93. The van der Waals surface area contributed by atoms with Crippen LogP contribution in [0.25, 0.3) is 0 Å². The zero-order valence-corrected chi connectivity index (χ0v) is 12.4. The molecule has 1 nitrogen and oxygen atoms in total. The lowest BCUT2D eigenvalue weighted by molar-refractivity contribution is -0.175. The Kier molecular flexibility index (Phi) is 8.28. The molecule has 0 radical (unpaired) electrons. The van der Waals surface area contributed by atoms with E-state index in [9.17, 15) is 13.2 Å². The van der Waals surface area contributed by atoms with Gasteiger partial charge in [0.2, 0.25) is 0 Å². The van der Waals surface area contributed by atoms with Crippen LogP contribution >= 0.6 is 31.9 Å². The summed E-state index contributed by atoms with van der Waals surface area (Å²) >= 11 is 6.84. The summed E-state index contributed by atoms with van der Waals surface area (Å²) in [6, 6.07) is 0. The fourth-order valence-electron chi connectivity index (χ4n) is 1.43. The number of alkyl halides is 5. The standard InChI is InChI=1S/C10H17Br2F3O/c1-2-3-9(6-11,7-12)4-5-16-8-10(13,14)15/h2-8H2,1H3. The molecule has 0 aromatic heterocycles. The van der Waals surface area contributed by atoms with Gasteiger partial charge in [0, 0.05) is 17.3 Å². The number of hydrogen-bond donors (Lipinski definition) is 0. The number of hydrogen-bond acceptors (Lipinski definition) is 1. The first-order valence-electron chi connectivity index (χ1n) is 5.15. The van der Waals surface area contributed by atoms with Crippen LogP contribution in [0, 0.1) is 5.41 Å². The van der Waals surface area contributed by atoms with Crippen molar-refractivity contribution in [2.75, 3.05) is 23.9 Å². The van der Waals surface area contributed by atoms with Gasteiger partial charge in [0.25, 0.3) is 0 Å². The maximum absolute atomic E-state index is 11.8. The smallest absolute Gasteiger partial charge is 0.372 e. The van der Waals surface area contributed by atoms with Crippen molar-refractivity contribution in [3.63, 3.8) is 0 Å². The highest BCUT2D eigenvalue weighted by atomic mass is 79.9. The molecule has 98 valence electrons. The van der Waals surface area contributed by atoms with Crippen LogP contribution in [0.1, 0.15) is 26.2 Å². The topological polar surface area (TPSA) is 9.23 Å². The van der Waals surface area contributed by atoms with Crippen LogP contribution < -0.4 is 0 Å². The first kappa shape index (κ1) is 16.7. The van der Waals surface area contributed by atoms with Crippen molar-refractivity contribution in [1.82, 2.24) is 0 Å². The van der Waals surface area contributed by atoms with Crippen LogP contribution in [-0.2, 0) is 4.74 Å². The minimum Gasteiger partial charge on any atom is -0.372 e. The number of ether oxygens (including phenoxy) is 1. The van der Waals surface area contributed by atoms with Gasteiger partial charge in [-0.05, 0) is 18.3 Å². The van der Waals surface area contributed by atoms with Crippen LogP contribution in [0.5, 0.6) is 0 Å². The van der Waals surface area contributed by atoms with Gasteiger partial charge in [0.15, 0.2) is 0 Å². The Labute approximate surface area is 111 Å². The monoisotopic (exact) mass is 368 g/mol. The summed E-state index contributed by atoms with van der Waals surface area (Å²) in [5, 5.41) is 1.54. The van der Waals surface area contributed by atoms with Gasteiger partial charge in [-0.25, -0.2) is 0 Å². The second-order valence-electron chi connectivity index (χ2n) is 3.94. The maximum atomic E-state index is 11.8. The third-order valence-corrected chi connectivity index (χ3v) is 4.77. The molecule has 0 N–H and O–H groups in total. The minimum atomic E-state index is -4.23. The molecule has 6 heteroatoms. The molecule has 0 spiro atoms. The summed E-state index contributed by atoms with van der Waals surface area (Å²) in [5.41, 5.74) is 0.000346. The van der Waals surface area contributed by atoms with E-state index in [1.54, 1.807) is 0 Å². The van der Waals surface area contributed by atoms with E-state index in [0.717, 1.165) is 23.5 Å². The largest absolute Gasteiger partial charge is 0.411 e. The highest BCUT2D eigenvalue weighted by molar-refractivity contribution is 9.09. The molecule has 0 amide bonds. The third kappa shape index (κ3) is 7.12. The highest BCUT2D eigenvalue weighted by Crippen LogP contribution is 2.33. The first-order valence-corrected chi connectivity index (χ1v) is 7.40. The number of halogens is 5. The van der Waals surface area contributed by atoms with Crippen molar-refractivity contribution < 1.29 is 17.9 Å². The zero-order valence-electron chi connectivity index (χ0n) is 9.25. The van der Waals surface area contributed by atoms with Crippen molar-refractivity contribution in [3.05, 3.63) is 0 Å². The van der Waals surface area contributed by atoms with Crippen LogP contribution in [0.15, 0.2) is 0 Å². The molecule has 0 aliphatic heterocycles. The Balaban J connectivity index is 3.93. The molecular weight excluding hydrogens is 353 g/mol. The normalized spacial score (nSPS) is 13.1. The molecule has 0 saturated carbocycles. The summed E-state index contributed by atoms with van der Waals surface area (Å²) in [6.45, 7) is 1.06. The van der Waals surface area contributed by atoms with Crippen molar-refractivity contribution in [2.24, 2.45) is 5.41 Å². The molecule has 0 unspecified atom stereocenters. The van der Waals surface area contributed by atoms with Gasteiger partial charge in [-0.2, -0.15) is 13.2 Å². The SMILES string of the molecule is CCCC(CBr)(CBr)CCOCC(F)(F)F. The molecule has 0 aromatic rings. The van der Waals surface area contributed by atoms with Gasteiger partial charge >= 0.3 is 6.18 Å². The fraction of sp³-hybridized carbons (Fsp3) is 1.00. The van der Waals surface area contributed by atoms with E-state index < -0.39 is 12.8 Å². The van der Waals surface area contributed by atoms with E-state index in [1.807, 2.05) is 0 Å². The van der Waals surface area contributed by atoms with Crippen LogP contribution in [0.4, 0.5) is 13.2 Å². The van der Waals surface area contributed by atoms with Gasteiger partial charge in [0.05, 0.1) is 0 Å². The molecule has 16 heavy (non-hydrogen) atoms. The van der Waals surface area contributed by atoms with Crippen LogP contribution in [0.3, 0.4) is 0 Å². The molecule has 0 bridgehead atoms. The summed E-state index contributed by atoms with van der Waals surface area (Å²) in [4.78, 5) is 0. The molecule has 0 aliphatic rings. The maximum Gasteiger partial charge on any atom is 0.411 e. The lowest BCUT2D eigenvalue weighted by atomic mass is 9.85. The van der Waals surface area contributed by atoms with Crippen molar-refractivity contribution in [2.45, 2.75) is 32.4 Å². The van der Waals surface area contributed by atoms with E-state index in [0.29, 0.717) is 6.42 Å². The van der Waals surface area contributed by atoms with E-state index >= 15 is 0 Å². The second-order valence-corrected chi connectivity index (χ2v) is 5.06. The van der Waals surface area contributed by atoms with Gasteiger partial charge in [-0.15, -0.1) is 0 Å². The lowest BCUT2D eigenvalue weighted by Gasteiger charge is -2.29. The first-order chi connectivity index (χ1) is 7.39. The predicted octanol–water partition coefficient (Wildman–Crippen LogP) is 4.53. The quantitative estimate of drug-likeness (QED) is 0.451. The Hall–Kier alpha value is 0.710. The minimum absolute atomic E-state index is 0.000346. The lowest BCUT2D eigenvalue weighted by Crippen LogP contribution is -2.27. The Bertz CT molecular complexity index is 181. The zero-order chi connectivity index (χ0) is 12.7. The van der Waals surface area contributed by atoms with E-state index in [2.05, 4.69) is 43.5 Å². The van der Waals surface area contributed by atoms with Crippen molar-refractivity contribution in [1.29, 1.82) is 0 Å². The summed E-state index contributed by atoms with van der Waals surface area (Å²) < 4.78 is 40.2. The van der Waals surface area contributed by atoms with Gasteiger partial charge < -0.3 is 4.74 Å². The average Bonchev–Trinajstić information content (AvgIpc) is 2.21. The average molecular weight is 370 g/mol. The highest BCUT2D eigenvalue weighted by Gasteiger charge is 2.29. The third-order valence-electron chi connectivity index (χ3n) is 2.39. The van der Waals surface area contributed by atoms with E-state index in [4.69, 9.17) is 0 Å². The molecule has 0 aromatic carbocycles. The van der Waals surface area contributed by atoms with Crippen molar-refractivity contribution in [3.8, 4) is 0 Å². The Morgan fingerprint density at radius 3 is 2.00 bits per heavy atom. The van der Waals surface area contributed by atoms with Crippen LogP contribution in [0.2, 0.25) is 0 Å². The van der Waals surface area contributed by atoms with Gasteiger partial charge in [-0.1, -0.05) is 45.2 Å². The molecule has 0 fully saturated rings. The predicted molar refractivity (Wildman–Crippen MR) is 66.4 cm³/mol. The molecule has 0 heterocycles. The van der Waals surface area contributed by atoms with E-state index in [1.165, 1.54) is 0 Å². The molecule has 0 aliphatic carbocycles. The van der Waals surface area contributed by atoms with Gasteiger partial charge in [-0.3, -0.25) is 0 Å². The van der Waals surface area contributed by atoms with E-state index in [-0.39, 0.29) is 12.0 Å². The molecule has 0 rings (SSSR count). The Morgan fingerprint density at radius 1 is 1.06 bits per heavy atom. The summed E-state index contributed by atoms with van der Waals surface area (Å²) in [5.74, 6) is 0. The fourth-order valence-corrected chi connectivity index (χ4v) is 3.48. The van der Waals surface area contributed by atoms with Crippen LogP contribution in [-0.4, -0.2) is 30.1 Å². The molecular formula is C10H17Br2F3O. The number of rotatable bonds is 8. The van der Waals surface area contributed by atoms with Gasteiger partial charge in [0.1, 0.15) is 6.61 Å². The summed E-state index contributed by atoms with van der Waals surface area (Å²) in [7, 11) is 0. The molecule has 0 atom stereocenters. The Morgan fingerprint density at radius 2 is 1.62 bits per heavy atom.